The number of primary amides is 1. The predicted molar refractivity (Wildman–Crippen MR) is 77.1 cm³/mol. The van der Waals surface area contributed by atoms with Gasteiger partial charge in [-0.15, -0.1) is 0 Å². The molecule has 1 amide bonds. The first-order valence-corrected chi connectivity index (χ1v) is 7.64. The number of anilines is 1. The molecule has 3 N–H and O–H groups in total. The van der Waals surface area contributed by atoms with Crippen LogP contribution in [0.25, 0.3) is 0 Å². The minimum atomic E-state index is -4.35. The monoisotopic (exact) mass is 346 g/mol. The molecule has 0 fully saturated rings. The Hall–Kier alpha value is -2.19. The van der Waals surface area contributed by atoms with Gasteiger partial charge in [0.15, 0.2) is 0 Å². The van der Waals surface area contributed by atoms with E-state index in [4.69, 9.17) is 17.3 Å². The first-order valence-electron chi connectivity index (χ1n) is 5.78. The summed E-state index contributed by atoms with van der Waals surface area (Å²) in [4.78, 5) is 10.3. The van der Waals surface area contributed by atoms with Crippen LogP contribution >= 0.6 is 11.6 Å². The van der Waals surface area contributed by atoms with Gasteiger partial charge in [0.2, 0.25) is 5.91 Å². The summed E-state index contributed by atoms with van der Waals surface area (Å²) in [5.41, 5.74) is 4.95. The van der Waals surface area contributed by atoms with Crippen molar-refractivity contribution in [3.63, 3.8) is 0 Å². The number of carbonyl (C=O) groups excluding carboxylic acids is 1. The molecule has 0 heterocycles. The van der Waals surface area contributed by atoms with Gasteiger partial charge in [-0.1, -0.05) is 11.6 Å². The molecular weight excluding hydrogens is 338 g/mol. The molecule has 0 bridgehead atoms. The van der Waals surface area contributed by atoms with E-state index in [1.54, 1.807) is 0 Å². The first-order chi connectivity index (χ1) is 10.2. The molecule has 0 radical (unpaired) electrons. The summed E-state index contributed by atoms with van der Waals surface area (Å²) in [5, 5.41) is -0.0175. The lowest BCUT2D eigenvalue weighted by Crippen LogP contribution is -2.16. The van der Waals surface area contributed by atoms with Crippen LogP contribution in [0.5, 0.6) is 0 Å². The molecule has 22 heavy (non-hydrogen) atoms. The second-order valence-corrected chi connectivity index (χ2v) is 6.30. The largest absolute Gasteiger partial charge is 0.366 e. The number of nitrogens with one attached hydrogen (secondary N) is 1. The summed E-state index contributed by atoms with van der Waals surface area (Å²) in [6.07, 6.45) is 0. The summed E-state index contributed by atoms with van der Waals surface area (Å²) in [5.74, 6) is -2.95. The lowest BCUT2D eigenvalue weighted by Gasteiger charge is -2.11. The van der Waals surface area contributed by atoms with Gasteiger partial charge in [0.25, 0.3) is 10.0 Å². The van der Waals surface area contributed by atoms with E-state index in [2.05, 4.69) is 0 Å². The van der Waals surface area contributed by atoms with E-state index < -0.39 is 32.5 Å². The van der Waals surface area contributed by atoms with Crippen molar-refractivity contribution >= 4 is 33.2 Å². The highest BCUT2D eigenvalue weighted by Crippen LogP contribution is 2.26. The molecule has 0 atom stereocenters. The van der Waals surface area contributed by atoms with E-state index in [9.17, 15) is 22.0 Å². The number of carbonyl (C=O) groups is 1. The van der Waals surface area contributed by atoms with E-state index in [1.807, 2.05) is 4.72 Å². The Morgan fingerprint density at radius 2 is 1.82 bits per heavy atom. The lowest BCUT2D eigenvalue weighted by molar-refractivity contribution is 0.100. The summed E-state index contributed by atoms with van der Waals surface area (Å²) < 4.78 is 52.7. The van der Waals surface area contributed by atoms with Crippen molar-refractivity contribution in [1.29, 1.82) is 0 Å². The Kier molecular flexibility index (Phi) is 4.34. The smallest absolute Gasteiger partial charge is 0.264 e. The molecule has 9 heteroatoms. The van der Waals surface area contributed by atoms with Crippen LogP contribution in [0.1, 0.15) is 10.4 Å². The highest BCUT2D eigenvalue weighted by molar-refractivity contribution is 7.92. The number of sulfonamides is 1. The third-order valence-electron chi connectivity index (χ3n) is 2.68. The van der Waals surface area contributed by atoms with Crippen molar-refractivity contribution in [3.05, 3.63) is 58.6 Å². The number of hydrogen-bond donors (Lipinski definition) is 2. The van der Waals surface area contributed by atoms with Gasteiger partial charge in [0, 0.05) is 11.6 Å². The zero-order valence-electron chi connectivity index (χ0n) is 10.8. The van der Waals surface area contributed by atoms with Crippen LogP contribution in [0.3, 0.4) is 0 Å². The number of nitrogens with two attached hydrogens (primary N) is 1. The Labute approximate surface area is 129 Å². The van der Waals surface area contributed by atoms with Crippen molar-refractivity contribution in [2.75, 3.05) is 4.72 Å². The van der Waals surface area contributed by atoms with Crippen molar-refractivity contribution in [2.24, 2.45) is 5.73 Å². The summed E-state index contributed by atoms with van der Waals surface area (Å²) in [6, 6.07) is 5.71. The maximum atomic E-state index is 13.6. The van der Waals surface area contributed by atoms with Crippen LogP contribution in [-0.4, -0.2) is 14.3 Å². The molecule has 2 rings (SSSR count). The third-order valence-corrected chi connectivity index (χ3v) is 4.41. The molecule has 0 saturated carbocycles. The molecule has 0 aliphatic carbocycles. The lowest BCUT2D eigenvalue weighted by atomic mass is 10.2. The molecule has 0 aromatic heterocycles. The zero-order valence-corrected chi connectivity index (χ0v) is 12.4. The van der Waals surface area contributed by atoms with Crippen molar-refractivity contribution in [1.82, 2.24) is 0 Å². The van der Waals surface area contributed by atoms with Crippen molar-refractivity contribution < 1.29 is 22.0 Å². The van der Waals surface area contributed by atoms with Gasteiger partial charge < -0.3 is 5.73 Å². The number of amides is 1. The maximum absolute atomic E-state index is 13.6. The highest BCUT2D eigenvalue weighted by atomic mass is 35.5. The van der Waals surface area contributed by atoms with Gasteiger partial charge >= 0.3 is 0 Å². The van der Waals surface area contributed by atoms with Crippen LogP contribution in [0.15, 0.2) is 41.3 Å². The first kappa shape index (κ1) is 16.2. The second-order valence-electron chi connectivity index (χ2n) is 4.24. The molecule has 0 saturated heterocycles. The third kappa shape index (κ3) is 3.34. The van der Waals surface area contributed by atoms with Gasteiger partial charge in [-0.2, -0.15) is 0 Å². The topological polar surface area (TPSA) is 89.3 Å². The summed E-state index contributed by atoms with van der Waals surface area (Å²) in [6.45, 7) is 0. The summed E-state index contributed by atoms with van der Waals surface area (Å²) in [7, 11) is -4.35. The van der Waals surface area contributed by atoms with Gasteiger partial charge in [-0.25, -0.2) is 17.2 Å². The maximum Gasteiger partial charge on any atom is 0.264 e. The standard InChI is InChI=1S/C13H9ClF2N2O3S/c14-9-3-1-7(13(17)19)5-11(9)18-22(20,21)12-4-2-8(15)6-10(12)16/h1-6,18H,(H2,17,19). The SMILES string of the molecule is NC(=O)c1ccc(Cl)c(NS(=O)(=O)c2ccc(F)cc2F)c1. The molecular formula is C13H9ClF2N2O3S. The summed E-state index contributed by atoms with van der Waals surface area (Å²) >= 11 is 5.83. The normalized spacial score (nSPS) is 11.2. The number of halogens is 3. The number of hydrogen-bond acceptors (Lipinski definition) is 3. The quantitative estimate of drug-likeness (QED) is 0.891. The molecule has 0 unspecified atom stereocenters. The second kappa shape index (κ2) is 5.90. The van der Waals surface area contributed by atoms with Gasteiger partial charge in [0.1, 0.15) is 16.5 Å². The minimum Gasteiger partial charge on any atom is -0.366 e. The van der Waals surface area contributed by atoms with Crippen LogP contribution in [0.2, 0.25) is 5.02 Å². The van der Waals surface area contributed by atoms with Crippen molar-refractivity contribution in [2.45, 2.75) is 4.90 Å². The zero-order chi connectivity index (χ0) is 16.5. The molecule has 0 spiro atoms. The molecule has 5 nitrogen and oxygen atoms in total. The van der Waals surface area contributed by atoms with Crippen LogP contribution in [0.4, 0.5) is 14.5 Å². The van der Waals surface area contributed by atoms with Crippen LogP contribution in [-0.2, 0) is 10.0 Å². The predicted octanol–water partition coefficient (Wildman–Crippen LogP) is 2.52. The molecule has 2 aromatic carbocycles. The Morgan fingerprint density at radius 1 is 1.14 bits per heavy atom. The van der Waals surface area contributed by atoms with Gasteiger partial charge in [-0.3, -0.25) is 9.52 Å². The minimum absolute atomic E-state index is 0.0154. The molecule has 0 aliphatic rings. The highest BCUT2D eigenvalue weighted by Gasteiger charge is 2.21. The molecule has 2 aromatic rings. The number of rotatable bonds is 4. The van der Waals surface area contributed by atoms with Crippen LogP contribution in [0, 0.1) is 11.6 Å². The van der Waals surface area contributed by atoms with E-state index >= 15 is 0 Å². The fourth-order valence-corrected chi connectivity index (χ4v) is 3.00. The molecule has 0 aliphatic heterocycles. The van der Waals surface area contributed by atoms with E-state index in [-0.39, 0.29) is 16.3 Å². The fraction of sp³-hybridized carbons (Fsp3) is 0. The van der Waals surface area contributed by atoms with Gasteiger partial charge in [-0.05, 0) is 30.3 Å². The average molecular weight is 347 g/mol. The van der Waals surface area contributed by atoms with E-state index in [0.717, 1.165) is 18.2 Å². The van der Waals surface area contributed by atoms with Gasteiger partial charge in [0.05, 0.1) is 10.7 Å². The van der Waals surface area contributed by atoms with E-state index in [1.165, 1.54) is 12.1 Å². The average Bonchev–Trinajstić information content (AvgIpc) is 2.40. The van der Waals surface area contributed by atoms with E-state index in [0.29, 0.717) is 6.07 Å². The Balaban J connectivity index is 2.45. The van der Waals surface area contributed by atoms with Crippen LogP contribution < -0.4 is 10.5 Å². The molecule has 116 valence electrons. The Morgan fingerprint density at radius 3 is 2.41 bits per heavy atom. The van der Waals surface area contributed by atoms with Crippen molar-refractivity contribution in [3.8, 4) is 0 Å². The fourth-order valence-electron chi connectivity index (χ4n) is 1.65. The Bertz CT molecular complexity index is 856. The number of benzene rings is 2.